The molecule has 0 aliphatic carbocycles. The van der Waals surface area contributed by atoms with Crippen LogP contribution in [-0.2, 0) is 20.2 Å². The second-order valence-electron chi connectivity index (χ2n) is 8.36. The smallest absolute Gasteiger partial charge is 0.282 e. The lowest BCUT2D eigenvalue weighted by Crippen LogP contribution is -2.14. The van der Waals surface area contributed by atoms with Crippen LogP contribution >= 0.6 is 0 Å². The number of aryl methyl sites for hydroxylation is 2. The normalized spacial score (nSPS) is 12.3. The van der Waals surface area contributed by atoms with Gasteiger partial charge >= 0.3 is 0 Å². The first kappa shape index (κ1) is 24.0. The summed E-state index contributed by atoms with van der Waals surface area (Å²) in [6.45, 7) is 3.02. The molecule has 2 heterocycles. The minimum absolute atomic E-state index is 0.0877. The number of pyridine rings is 2. The molecule has 0 bridgehead atoms. The molecular weight excluding hydrogens is 500 g/mol. The molecule has 0 saturated heterocycles. The Morgan fingerprint density at radius 1 is 0.611 bits per heavy atom. The maximum Gasteiger partial charge on any atom is 0.297 e. The summed E-state index contributed by atoms with van der Waals surface area (Å²) in [6.07, 6.45) is 0. The number of hydrogen-bond acceptors (Lipinski definition) is 6. The maximum absolute atomic E-state index is 12.8. The molecule has 10 heteroatoms. The largest absolute Gasteiger partial charge is 0.297 e. The topological polar surface area (TPSA) is 135 Å². The zero-order valence-corrected chi connectivity index (χ0v) is 20.8. The molecule has 0 aliphatic rings. The second kappa shape index (κ2) is 8.45. The Bertz CT molecular complexity index is 1890. The Hall–Kier alpha value is -3.70. The minimum Gasteiger partial charge on any atom is -0.282 e. The zero-order valence-electron chi connectivity index (χ0n) is 19.2. The molecule has 0 fully saturated rings. The summed E-state index contributed by atoms with van der Waals surface area (Å²) in [7, 11) is -10.3. The standard InChI is InChI=1S/C26H20N2O6S2/c1-15-13-14-19-20(17-9-5-3-6-10-17)21(18-11-7-4-8-12-18)22-24(23(19)27-15)28-16(2)25(35(29,30)31)26(22)36(32,33)34/h3-14H,1-2H3,(H,29,30,31)(H,32,33,34). The first-order valence-corrected chi connectivity index (χ1v) is 13.7. The van der Waals surface area contributed by atoms with Gasteiger partial charge in [0.1, 0.15) is 9.79 Å². The lowest BCUT2D eigenvalue weighted by Gasteiger charge is -2.21. The van der Waals surface area contributed by atoms with Crippen LogP contribution < -0.4 is 0 Å². The van der Waals surface area contributed by atoms with Crippen LogP contribution in [0.25, 0.3) is 44.1 Å². The van der Waals surface area contributed by atoms with E-state index in [0.717, 1.165) is 0 Å². The van der Waals surface area contributed by atoms with Crippen molar-refractivity contribution in [1.82, 2.24) is 9.97 Å². The molecule has 0 atom stereocenters. The predicted molar refractivity (Wildman–Crippen MR) is 137 cm³/mol. The van der Waals surface area contributed by atoms with E-state index in [9.17, 15) is 25.9 Å². The van der Waals surface area contributed by atoms with Gasteiger partial charge in [-0.1, -0.05) is 66.7 Å². The number of benzene rings is 3. The molecular formula is C26H20N2O6S2. The summed E-state index contributed by atoms with van der Waals surface area (Å²) in [6, 6.07) is 21.6. The Labute approximate surface area is 207 Å². The summed E-state index contributed by atoms with van der Waals surface area (Å²) in [4.78, 5) is 7.15. The van der Waals surface area contributed by atoms with Crippen LogP contribution in [0.4, 0.5) is 0 Å². The van der Waals surface area contributed by atoms with Gasteiger partial charge in [-0.3, -0.25) is 14.1 Å². The van der Waals surface area contributed by atoms with Crippen LogP contribution in [0.5, 0.6) is 0 Å². The van der Waals surface area contributed by atoms with Crippen LogP contribution in [0.15, 0.2) is 82.6 Å². The summed E-state index contributed by atoms with van der Waals surface area (Å²) in [5.41, 5.74) is 2.94. The Morgan fingerprint density at radius 2 is 1.14 bits per heavy atom. The van der Waals surface area contributed by atoms with E-state index in [1.165, 1.54) is 6.92 Å². The van der Waals surface area contributed by atoms with Gasteiger partial charge in [0, 0.05) is 22.0 Å². The highest BCUT2D eigenvalue weighted by Crippen LogP contribution is 2.47. The van der Waals surface area contributed by atoms with Crippen molar-refractivity contribution in [3.8, 4) is 22.3 Å². The average molecular weight is 521 g/mol. The number of fused-ring (bicyclic) bond motifs is 3. The lowest BCUT2D eigenvalue weighted by molar-refractivity contribution is 0.466. The molecule has 5 aromatic rings. The molecule has 0 radical (unpaired) electrons. The van der Waals surface area contributed by atoms with Gasteiger partial charge in [-0.05, 0) is 36.6 Å². The molecule has 182 valence electrons. The lowest BCUT2D eigenvalue weighted by atomic mass is 9.87. The molecule has 2 aromatic heterocycles. The fourth-order valence-electron chi connectivity index (χ4n) is 4.61. The quantitative estimate of drug-likeness (QED) is 0.243. The van der Waals surface area contributed by atoms with Crippen LogP contribution in [0.3, 0.4) is 0 Å². The number of nitrogens with zero attached hydrogens (tertiary/aromatic N) is 2. The van der Waals surface area contributed by atoms with Gasteiger partial charge in [0.2, 0.25) is 0 Å². The summed E-state index contributed by atoms with van der Waals surface area (Å²) in [5, 5.41) is 0.511. The minimum atomic E-state index is -5.18. The highest BCUT2D eigenvalue weighted by atomic mass is 32.2. The molecule has 2 N–H and O–H groups in total. The molecule has 36 heavy (non-hydrogen) atoms. The highest BCUT2D eigenvalue weighted by molar-refractivity contribution is 7.89. The van der Waals surface area contributed by atoms with Gasteiger partial charge < -0.3 is 0 Å². The number of rotatable bonds is 4. The molecule has 0 unspecified atom stereocenters. The number of aromatic nitrogens is 2. The molecule has 0 aliphatic heterocycles. The van der Waals surface area contributed by atoms with Crippen molar-refractivity contribution in [3.05, 3.63) is 84.2 Å². The van der Waals surface area contributed by atoms with Crippen molar-refractivity contribution in [2.45, 2.75) is 23.6 Å². The summed E-state index contributed by atoms with van der Waals surface area (Å²) >= 11 is 0. The third-order valence-corrected chi connectivity index (χ3v) is 8.02. The average Bonchev–Trinajstić information content (AvgIpc) is 2.82. The first-order valence-electron chi connectivity index (χ1n) is 10.8. The highest BCUT2D eigenvalue weighted by Gasteiger charge is 2.34. The molecule has 5 rings (SSSR count). The zero-order chi connectivity index (χ0) is 25.8. The fourth-order valence-corrected chi connectivity index (χ4v) is 6.84. The monoisotopic (exact) mass is 520 g/mol. The second-order valence-corrected chi connectivity index (χ2v) is 11.1. The van der Waals surface area contributed by atoms with Crippen LogP contribution in [-0.4, -0.2) is 35.9 Å². The Balaban J connectivity index is 2.25. The number of hydrogen-bond donors (Lipinski definition) is 2. The van der Waals surface area contributed by atoms with Gasteiger partial charge in [-0.2, -0.15) is 16.8 Å². The van der Waals surface area contributed by atoms with Crippen molar-refractivity contribution >= 4 is 42.0 Å². The Morgan fingerprint density at radius 3 is 1.67 bits per heavy atom. The van der Waals surface area contributed by atoms with Crippen LogP contribution in [0.1, 0.15) is 11.4 Å². The van der Waals surface area contributed by atoms with Crippen molar-refractivity contribution in [3.63, 3.8) is 0 Å². The first-order chi connectivity index (χ1) is 17.0. The van der Waals surface area contributed by atoms with E-state index in [1.807, 2.05) is 42.5 Å². The molecule has 0 spiro atoms. The maximum atomic E-state index is 12.8. The van der Waals surface area contributed by atoms with E-state index in [2.05, 4.69) is 9.97 Å². The fraction of sp³-hybridized carbons (Fsp3) is 0.0769. The van der Waals surface area contributed by atoms with Gasteiger partial charge in [0.15, 0.2) is 0 Å². The SMILES string of the molecule is Cc1ccc2c(-c3ccccc3)c(-c3ccccc3)c3c(S(=O)(=O)O)c(S(=O)(=O)O)c(C)nc3c2n1. The van der Waals surface area contributed by atoms with Gasteiger partial charge in [0.05, 0.1) is 16.7 Å². The van der Waals surface area contributed by atoms with Crippen molar-refractivity contribution < 1.29 is 25.9 Å². The van der Waals surface area contributed by atoms with Crippen molar-refractivity contribution in [2.75, 3.05) is 0 Å². The van der Waals surface area contributed by atoms with E-state index < -0.39 is 30.0 Å². The third-order valence-electron chi connectivity index (χ3n) is 5.95. The van der Waals surface area contributed by atoms with Crippen LogP contribution in [0, 0.1) is 13.8 Å². The van der Waals surface area contributed by atoms with Crippen molar-refractivity contribution in [1.29, 1.82) is 0 Å². The predicted octanol–water partition coefficient (Wildman–Crippen LogP) is 5.23. The van der Waals surface area contributed by atoms with Crippen LogP contribution in [0.2, 0.25) is 0 Å². The Kier molecular flexibility index (Phi) is 5.64. The van der Waals surface area contributed by atoms with Gasteiger partial charge in [-0.15, -0.1) is 0 Å². The van der Waals surface area contributed by atoms with E-state index in [0.29, 0.717) is 38.9 Å². The molecule has 3 aromatic carbocycles. The third kappa shape index (κ3) is 3.94. The van der Waals surface area contributed by atoms with Gasteiger partial charge in [0.25, 0.3) is 20.2 Å². The van der Waals surface area contributed by atoms with E-state index in [-0.39, 0.29) is 16.6 Å². The van der Waals surface area contributed by atoms with E-state index in [4.69, 9.17) is 0 Å². The van der Waals surface area contributed by atoms with Crippen molar-refractivity contribution in [2.24, 2.45) is 0 Å². The summed E-state index contributed by atoms with van der Waals surface area (Å²) in [5.74, 6) is 0. The van der Waals surface area contributed by atoms with Gasteiger partial charge in [-0.25, -0.2) is 4.98 Å². The molecule has 8 nitrogen and oxygen atoms in total. The van der Waals surface area contributed by atoms with E-state index in [1.54, 1.807) is 37.3 Å². The molecule has 0 saturated carbocycles. The molecule has 0 amide bonds. The summed E-state index contributed by atoms with van der Waals surface area (Å²) < 4.78 is 70.9. The van der Waals surface area contributed by atoms with E-state index >= 15 is 0 Å².